The van der Waals surface area contributed by atoms with E-state index in [1.165, 1.54) is 11.1 Å². The third-order valence-corrected chi connectivity index (χ3v) is 3.39. The summed E-state index contributed by atoms with van der Waals surface area (Å²) >= 11 is 0. The second-order valence-electron chi connectivity index (χ2n) is 4.72. The minimum atomic E-state index is -0.266. The fourth-order valence-corrected chi connectivity index (χ4v) is 2.39. The Morgan fingerprint density at radius 2 is 2.05 bits per heavy atom. The third-order valence-electron chi connectivity index (χ3n) is 3.39. The van der Waals surface area contributed by atoms with Crippen LogP contribution in [0, 0.1) is 0 Å². The van der Waals surface area contributed by atoms with Crippen LogP contribution in [0.2, 0.25) is 0 Å². The Labute approximate surface area is 118 Å². The first-order chi connectivity index (χ1) is 9.78. The molecule has 0 saturated heterocycles. The van der Waals surface area contributed by atoms with Crippen molar-refractivity contribution in [1.29, 1.82) is 0 Å². The summed E-state index contributed by atoms with van der Waals surface area (Å²) in [6.07, 6.45) is 4.06. The quantitative estimate of drug-likeness (QED) is 0.631. The Bertz CT molecular complexity index is 675. The Balaban J connectivity index is 1.91. The fourth-order valence-electron chi connectivity index (χ4n) is 2.39. The molecule has 2 aromatic rings. The highest BCUT2D eigenvalue weighted by Crippen LogP contribution is 2.22. The van der Waals surface area contributed by atoms with Crippen molar-refractivity contribution in [3.05, 3.63) is 65.5 Å². The van der Waals surface area contributed by atoms with Gasteiger partial charge < -0.3 is 4.74 Å². The lowest BCUT2D eigenvalue weighted by Crippen LogP contribution is -2.33. The van der Waals surface area contributed by atoms with Crippen molar-refractivity contribution in [3.8, 4) is 0 Å². The average molecular weight is 266 g/mol. The number of nitrogens with zero attached hydrogens (tertiary/aromatic N) is 1. The van der Waals surface area contributed by atoms with Gasteiger partial charge in [-0.15, -0.1) is 0 Å². The van der Waals surface area contributed by atoms with Crippen LogP contribution in [0.3, 0.4) is 0 Å². The molecule has 2 heterocycles. The highest BCUT2D eigenvalue weighted by Gasteiger charge is 2.22. The smallest absolute Gasteiger partial charge is 0.338 e. The van der Waals surface area contributed by atoms with E-state index in [1.807, 2.05) is 43.5 Å². The molecule has 3 heteroatoms. The summed E-state index contributed by atoms with van der Waals surface area (Å²) in [6.45, 7) is 3.05. The summed E-state index contributed by atoms with van der Waals surface area (Å²) < 4.78 is 7.16. The van der Waals surface area contributed by atoms with Crippen molar-refractivity contribution in [3.63, 3.8) is 0 Å². The molecule has 20 heavy (non-hydrogen) atoms. The number of hydrogen-bond acceptors (Lipinski definition) is 2. The van der Waals surface area contributed by atoms with Gasteiger partial charge in [0.15, 0.2) is 12.7 Å². The number of aromatic nitrogens is 1. The number of pyridine rings is 1. The van der Waals surface area contributed by atoms with Crippen LogP contribution in [0.5, 0.6) is 0 Å². The molecule has 1 aromatic heterocycles. The largest absolute Gasteiger partial charge is 0.462 e. The van der Waals surface area contributed by atoms with Crippen molar-refractivity contribution in [2.75, 3.05) is 6.61 Å². The number of allylic oxidation sites excluding steroid dienone is 1. The van der Waals surface area contributed by atoms with Crippen LogP contribution in [-0.2, 0) is 11.3 Å². The second-order valence-corrected chi connectivity index (χ2v) is 4.72. The van der Waals surface area contributed by atoms with E-state index >= 15 is 0 Å². The van der Waals surface area contributed by atoms with E-state index in [9.17, 15) is 4.79 Å². The molecular weight excluding hydrogens is 250 g/mol. The minimum absolute atomic E-state index is 0.266. The Hall–Kier alpha value is -2.42. The molecule has 100 valence electrons. The first kappa shape index (κ1) is 12.6. The predicted molar refractivity (Wildman–Crippen MR) is 76.9 cm³/mol. The van der Waals surface area contributed by atoms with Gasteiger partial charge >= 0.3 is 5.97 Å². The van der Waals surface area contributed by atoms with Crippen LogP contribution in [0.4, 0.5) is 0 Å². The number of rotatable bonds is 3. The van der Waals surface area contributed by atoms with Gasteiger partial charge in [-0.25, -0.2) is 4.79 Å². The van der Waals surface area contributed by atoms with E-state index in [4.69, 9.17) is 4.74 Å². The predicted octanol–water partition coefficient (Wildman–Crippen LogP) is 2.71. The van der Waals surface area contributed by atoms with E-state index < -0.39 is 0 Å². The van der Waals surface area contributed by atoms with E-state index in [0.717, 1.165) is 12.2 Å². The van der Waals surface area contributed by atoms with Crippen molar-refractivity contribution in [2.45, 2.75) is 13.5 Å². The van der Waals surface area contributed by atoms with Gasteiger partial charge in [0, 0.05) is 23.8 Å². The first-order valence-corrected chi connectivity index (χ1v) is 6.74. The number of benzene rings is 1. The molecule has 0 fully saturated rings. The molecule has 0 unspecified atom stereocenters. The molecule has 1 aliphatic heterocycles. The zero-order chi connectivity index (χ0) is 13.9. The van der Waals surface area contributed by atoms with Crippen LogP contribution >= 0.6 is 0 Å². The SMILES string of the molecule is CCOC(=O)c1cc[n+]2c(c1)C=C(c1ccccc1)C2. The lowest BCUT2D eigenvalue weighted by atomic mass is 10.1. The monoisotopic (exact) mass is 266 g/mol. The second kappa shape index (κ2) is 5.29. The molecule has 0 aliphatic carbocycles. The Morgan fingerprint density at radius 3 is 2.80 bits per heavy atom. The van der Waals surface area contributed by atoms with Gasteiger partial charge in [0.2, 0.25) is 5.69 Å². The summed E-state index contributed by atoms with van der Waals surface area (Å²) in [4.78, 5) is 11.7. The van der Waals surface area contributed by atoms with Gasteiger partial charge in [0.1, 0.15) is 0 Å². The van der Waals surface area contributed by atoms with Gasteiger partial charge in [-0.3, -0.25) is 0 Å². The molecule has 0 spiro atoms. The van der Waals surface area contributed by atoms with Gasteiger partial charge in [0.25, 0.3) is 0 Å². The lowest BCUT2D eigenvalue weighted by molar-refractivity contribution is -0.682. The summed E-state index contributed by atoms with van der Waals surface area (Å²) in [5.41, 5.74) is 4.11. The van der Waals surface area contributed by atoms with Gasteiger partial charge in [0.05, 0.1) is 12.2 Å². The molecule has 0 N–H and O–H groups in total. The lowest BCUT2D eigenvalue weighted by Gasteiger charge is -2.01. The molecule has 0 amide bonds. The molecule has 1 aromatic carbocycles. The van der Waals surface area contributed by atoms with Crippen LogP contribution in [0.15, 0.2) is 48.7 Å². The number of carbonyl (C=O) groups excluding carboxylic acids is 1. The summed E-state index contributed by atoms with van der Waals surface area (Å²) in [6, 6.07) is 14.0. The van der Waals surface area contributed by atoms with Crippen molar-refractivity contribution < 1.29 is 14.1 Å². The first-order valence-electron chi connectivity index (χ1n) is 6.74. The number of fused-ring (bicyclic) bond motifs is 1. The number of carbonyl (C=O) groups is 1. The minimum Gasteiger partial charge on any atom is -0.462 e. The van der Waals surface area contributed by atoms with E-state index in [2.05, 4.69) is 22.8 Å². The maximum absolute atomic E-state index is 11.7. The van der Waals surface area contributed by atoms with E-state index in [0.29, 0.717) is 12.2 Å². The molecule has 0 bridgehead atoms. The number of ether oxygens (including phenoxy) is 1. The van der Waals surface area contributed by atoms with Gasteiger partial charge in [-0.05, 0) is 12.5 Å². The molecule has 3 rings (SSSR count). The fraction of sp³-hybridized carbons (Fsp3) is 0.176. The molecule has 0 radical (unpaired) electrons. The number of esters is 1. The van der Waals surface area contributed by atoms with Crippen molar-refractivity contribution in [1.82, 2.24) is 0 Å². The van der Waals surface area contributed by atoms with Crippen molar-refractivity contribution in [2.24, 2.45) is 0 Å². The van der Waals surface area contributed by atoms with Gasteiger partial charge in [-0.1, -0.05) is 30.3 Å². The summed E-state index contributed by atoms with van der Waals surface area (Å²) in [7, 11) is 0. The summed E-state index contributed by atoms with van der Waals surface area (Å²) in [5.74, 6) is -0.266. The zero-order valence-electron chi connectivity index (χ0n) is 11.4. The van der Waals surface area contributed by atoms with Gasteiger partial charge in [-0.2, -0.15) is 4.57 Å². The summed E-state index contributed by atoms with van der Waals surface area (Å²) in [5, 5.41) is 0. The molecular formula is C17H16NO2+. The van der Waals surface area contributed by atoms with Crippen molar-refractivity contribution >= 4 is 17.6 Å². The Kier molecular flexibility index (Phi) is 3.33. The van der Waals surface area contributed by atoms with Crippen LogP contribution in [0.25, 0.3) is 11.6 Å². The van der Waals surface area contributed by atoms with Crippen LogP contribution in [-0.4, -0.2) is 12.6 Å². The van der Waals surface area contributed by atoms with Crippen LogP contribution < -0.4 is 4.57 Å². The molecule has 3 nitrogen and oxygen atoms in total. The van der Waals surface area contributed by atoms with Crippen LogP contribution in [0.1, 0.15) is 28.5 Å². The maximum atomic E-state index is 11.7. The highest BCUT2D eigenvalue weighted by atomic mass is 16.5. The normalized spacial score (nSPS) is 12.8. The molecule has 0 saturated carbocycles. The number of hydrogen-bond donors (Lipinski definition) is 0. The maximum Gasteiger partial charge on any atom is 0.338 e. The molecule has 1 aliphatic rings. The third kappa shape index (κ3) is 2.35. The average Bonchev–Trinajstić information content (AvgIpc) is 2.91. The highest BCUT2D eigenvalue weighted by molar-refractivity contribution is 5.90. The zero-order valence-corrected chi connectivity index (χ0v) is 11.4. The van der Waals surface area contributed by atoms with E-state index in [-0.39, 0.29) is 5.97 Å². The standard InChI is InChI=1S/C17H16NO2/c1-2-20-17(19)14-8-9-18-12-15(11-16(18)10-14)13-6-4-3-5-7-13/h3-11H,2,12H2,1H3/q+1. The van der Waals surface area contributed by atoms with E-state index in [1.54, 1.807) is 0 Å². The topological polar surface area (TPSA) is 30.2 Å². The Morgan fingerprint density at radius 1 is 1.25 bits per heavy atom. The molecule has 0 atom stereocenters.